The number of hydrogen-bond donors (Lipinski definition) is 1. The Hall–Kier alpha value is -2.57. The highest BCUT2D eigenvalue weighted by molar-refractivity contribution is 7.98. The van der Waals surface area contributed by atoms with Gasteiger partial charge in [-0.05, 0) is 24.6 Å². The molecule has 0 unspecified atom stereocenters. The van der Waals surface area contributed by atoms with Crippen LogP contribution in [0.5, 0.6) is 0 Å². The molecule has 2 aromatic carbocycles. The van der Waals surface area contributed by atoms with E-state index < -0.39 is 5.97 Å². The molecule has 4 nitrogen and oxygen atoms in total. The van der Waals surface area contributed by atoms with Gasteiger partial charge in [0.1, 0.15) is 0 Å². The van der Waals surface area contributed by atoms with E-state index in [9.17, 15) is 4.79 Å². The third-order valence-electron chi connectivity index (χ3n) is 4.18. The van der Waals surface area contributed by atoms with E-state index in [2.05, 4.69) is 49.4 Å². The summed E-state index contributed by atoms with van der Waals surface area (Å²) in [6.45, 7) is 2.08. The van der Waals surface area contributed by atoms with Crippen LogP contribution in [-0.2, 0) is 17.0 Å². The second kappa shape index (κ2) is 7.58. The van der Waals surface area contributed by atoms with E-state index in [1.165, 1.54) is 27.4 Å². The first-order valence-electron chi connectivity index (χ1n) is 8.55. The van der Waals surface area contributed by atoms with Gasteiger partial charge in [0.25, 0.3) is 0 Å². The zero-order valence-corrected chi connectivity index (χ0v) is 16.4. The molecule has 6 heteroatoms. The Balaban J connectivity index is 1.64. The van der Waals surface area contributed by atoms with Crippen molar-refractivity contribution in [1.29, 1.82) is 0 Å². The predicted octanol–water partition coefficient (Wildman–Crippen LogP) is 5.29. The van der Waals surface area contributed by atoms with Gasteiger partial charge in [-0.2, -0.15) is 0 Å². The molecule has 2 aromatic heterocycles. The lowest BCUT2D eigenvalue weighted by Crippen LogP contribution is -1.97. The van der Waals surface area contributed by atoms with Crippen molar-refractivity contribution in [2.24, 2.45) is 0 Å². The summed E-state index contributed by atoms with van der Waals surface area (Å²) in [5, 5.41) is 8.96. The number of carbonyl (C=O) groups is 1. The number of rotatable bonds is 6. The Labute approximate surface area is 165 Å². The van der Waals surface area contributed by atoms with Crippen LogP contribution in [0.15, 0.2) is 65.8 Å². The molecule has 4 aromatic rings. The van der Waals surface area contributed by atoms with Crippen molar-refractivity contribution in [3.8, 4) is 11.3 Å². The number of carboxylic acid groups (broad SMARTS) is 1. The number of aryl methyl sites for hydroxylation is 1. The van der Waals surface area contributed by atoms with Crippen molar-refractivity contribution in [2.45, 2.75) is 24.0 Å². The van der Waals surface area contributed by atoms with Crippen LogP contribution in [0.2, 0.25) is 0 Å². The molecule has 0 saturated heterocycles. The molecule has 0 radical (unpaired) electrons. The average Bonchev–Trinajstić information content (AvgIpc) is 3.19. The van der Waals surface area contributed by atoms with E-state index in [4.69, 9.17) is 10.1 Å². The lowest BCUT2D eigenvalue weighted by Gasteiger charge is -2.09. The van der Waals surface area contributed by atoms with E-state index in [1.807, 2.05) is 22.9 Å². The fourth-order valence-corrected chi connectivity index (χ4v) is 4.86. The average molecular weight is 395 g/mol. The molecular formula is C21H18N2O2S2. The Morgan fingerprint density at radius 3 is 2.74 bits per heavy atom. The summed E-state index contributed by atoms with van der Waals surface area (Å²) in [4.78, 5) is 18.5. The van der Waals surface area contributed by atoms with Gasteiger partial charge in [0.15, 0.2) is 4.96 Å². The summed E-state index contributed by atoms with van der Waals surface area (Å²) >= 11 is 3.23. The molecular weight excluding hydrogens is 376 g/mol. The summed E-state index contributed by atoms with van der Waals surface area (Å²) < 4.78 is 1.92. The van der Waals surface area contributed by atoms with Gasteiger partial charge in [0.05, 0.1) is 12.1 Å². The minimum absolute atomic E-state index is 0.0337. The quantitative estimate of drug-likeness (QED) is 0.452. The first-order valence-corrected chi connectivity index (χ1v) is 10.4. The molecule has 0 amide bonds. The maximum atomic E-state index is 10.9. The Kier molecular flexibility index (Phi) is 5.01. The molecule has 2 heterocycles. The van der Waals surface area contributed by atoms with Crippen LogP contribution in [0, 0.1) is 6.92 Å². The van der Waals surface area contributed by atoms with Crippen molar-refractivity contribution in [3.05, 3.63) is 76.9 Å². The van der Waals surface area contributed by atoms with E-state index >= 15 is 0 Å². The number of nitrogens with zero attached hydrogens (tertiary/aromatic N) is 2. The highest BCUT2D eigenvalue weighted by Crippen LogP contribution is 2.34. The summed E-state index contributed by atoms with van der Waals surface area (Å²) in [6, 6.07) is 16.9. The summed E-state index contributed by atoms with van der Waals surface area (Å²) in [5.74, 6) is 0.0834. The summed E-state index contributed by atoms with van der Waals surface area (Å²) in [7, 11) is 0. The van der Waals surface area contributed by atoms with Crippen LogP contribution in [-0.4, -0.2) is 20.5 Å². The molecule has 136 valence electrons. The smallest absolute Gasteiger partial charge is 0.308 e. The monoisotopic (exact) mass is 394 g/mol. The maximum absolute atomic E-state index is 10.9. The van der Waals surface area contributed by atoms with Crippen molar-refractivity contribution >= 4 is 34.0 Å². The highest BCUT2D eigenvalue weighted by atomic mass is 32.2. The lowest BCUT2D eigenvalue weighted by atomic mass is 10.1. The number of imidazole rings is 1. The second-order valence-electron chi connectivity index (χ2n) is 6.36. The number of benzene rings is 2. The number of thiazole rings is 1. The lowest BCUT2D eigenvalue weighted by molar-refractivity contribution is -0.136. The summed E-state index contributed by atoms with van der Waals surface area (Å²) in [5.41, 5.74) is 4.52. The fraction of sp³-hybridized carbons (Fsp3) is 0.143. The molecule has 0 bridgehead atoms. The molecule has 0 fully saturated rings. The van der Waals surface area contributed by atoms with Gasteiger partial charge >= 0.3 is 5.97 Å². The molecule has 0 saturated carbocycles. The van der Waals surface area contributed by atoms with E-state index in [0.717, 1.165) is 26.8 Å². The topological polar surface area (TPSA) is 54.6 Å². The predicted molar refractivity (Wildman–Crippen MR) is 111 cm³/mol. The van der Waals surface area contributed by atoms with Gasteiger partial charge in [-0.15, -0.1) is 23.1 Å². The Morgan fingerprint density at radius 1 is 1.19 bits per heavy atom. The van der Waals surface area contributed by atoms with Crippen LogP contribution in [0.3, 0.4) is 0 Å². The van der Waals surface area contributed by atoms with Gasteiger partial charge < -0.3 is 5.11 Å². The first kappa shape index (κ1) is 17.8. The number of carboxylic acids is 1. The van der Waals surface area contributed by atoms with Gasteiger partial charge in [-0.1, -0.05) is 42.0 Å². The highest BCUT2D eigenvalue weighted by Gasteiger charge is 2.13. The molecule has 4 rings (SSSR count). The van der Waals surface area contributed by atoms with E-state index in [0.29, 0.717) is 0 Å². The van der Waals surface area contributed by atoms with Crippen LogP contribution >= 0.6 is 23.1 Å². The van der Waals surface area contributed by atoms with Crippen molar-refractivity contribution in [2.75, 3.05) is 0 Å². The molecule has 0 spiro atoms. The van der Waals surface area contributed by atoms with Gasteiger partial charge in [-0.3, -0.25) is 9.20 Å². The maximum Gasteiger partial charge on any atom is 0.308 e. The molecule has 1 N–H and O–H groups in total. The normalized spacial score (nSPS) is 11.1. The van der Waals surface area contributed by atoms with Crippen LogP contribution in [0.25, 0.3) is 16.2 Å². The van der Waals surface area contributed by atoms with E-state index in [-0.39, 0.29) is 6.42 Å². The van der Waals surface area contributed by atoms with Gasteiger partial charge in [-0.25, -0.2) is 4.98 Å². The number of thioether (sulfide) groups is 1. The molecule has 0 aliphatic rings. The molecule has 0 aliphatic carbocycles. The fourth-order valence-electron chi connectivity index (χ4n) is 2.91. The minimum atomic E-state index is -0.821. The first-order chi connectivity index (χ1) is 13.1. The largest absolute Gasteiger partial charge is 0.481 e. The van der Waals surface area contributed by atoms with Gasteiger partial charge in [0, 0.05) is 33.5 Å². The van der Waals surface area contributed by atoms with Crippen molar-refractivity contribution in [3.63, 3.8) is 0 Å². The number of aromatic nitrogens is 2. The van der Waals surface area contributed by atoms with E-state index in [1.54, 1.807) is 11.8 Å². The van der Waals surface area contributed by atoms with Crippen LogP contribution in [0.4, 0.5) is 0 Å². The number of fused-ring (bicyclic) bond motifs is 1. The molecule has 0 aliphatic heterocycles. The Bertz CT molecular complexity index is 1070. The minimum Gasteiger partial charge on any atom is -0.481 e. The van der Waals surface area contributed by atoms with Crippen LogP contribution in [0.1, 0.15) is 16.0 Å². The van der Waals surface area contributed by atoms with Crippen LogP contribution < -0.4 is 0 Å². The molecule has 0 atom stereocenters. The van der Waals surface area contributed by atoms with Gasteiger partial charge in [0.2, 0.25) is 0 Å². The second-order valence-corrected chi connectivity index (χ2v) is 8.47. The third kappa shape index (κ3) is 4.07. The molecule has 27 heavy (non-hydrogen) atoms. The zero-order chi connectivity index (χ0) is 18.8. The SMILES string of the molecule is Cc1ccc(SCc2ccccc2)c(-c2cn3cc(CC(=O)O)sc3n2)c1. The number of hydrogen-bond acceptors (Lipinski definition) is 4. The third-order valence-corrected chi connectivity index (χ3v) is 6.32. The number of aliphatic carboxylic acids is 1. The van der Waals surface area contributed by atoms with Crippen molar-refractivity contribution < 1.29 is 9.90 Å². The Morgan fingerprint density at radius 2 is 2.00 bits per heavy atom. The zero-order valence-electron chi connectivity index (χ0n) is 14.8. The summed E-state index contributed by atoms with van der Waals surface area (Å²) in [6.07, 6.45) is 3.88. The van der Waals surface area contributed by atoms with Crippen molar-refractivity contribution in [1.82, 2.24) is 9.38 Å². The standard InChI is InChI=1S/C21H18N2O2S2/c1-14-7-8-19(26-13-15-5-3-2-4-6-15)17(9-14)18-12-23-11-16(10-20(24)25)27-21(23)22-18/h2-9,11-12H,10,13H2,1H3,(H,24,25).